The van der Waals surface area contributed by atoms with Crippen molar-refractivity contribution in [3.63, 3.8) is 0 Å². The summed E-state index contributed by atoms with van der Waals surface area (Å²) in [4.78, 5) is 15.4. The van der Waals surface area contributed by atoms with Gasteiger partial charge < -0.3 is 16.4 Å². The zero-order chi connectivity index (χ0) is 10.8. The number of hydrogen-bond donors (Lipinski definition) is 4. The van der Waals surface area contributed by atoms with Crippen LogP contribution in [0.4, 0.5) is 11.9 Å². The monoisotopic (exact) mass is 210 g/mol. The maximum Gasteiger partial charge on any atom is 0.244 e. The third kappa shape index (κ3) is 2.58. The van der Waals surface area contributed by atoms with E-state index in [1.54, 1.807) is 6.92 Å². The van der Waals surface area contributed by atoms with Gasteiger partial charge >= 0.3 is 0 Å². The molecule has 1 amide bonds. The van der Waals surface area contributed by atoms with Crippen molar-refractivity contribution in [1.82, 2.24) is 20.5 Å². The van der Waals surface area contributed by atoms with Crippen LogP contribution in [-0.2, 0) is 4.79 Å². The zero-order valence-corrected chi connectivity index (χ0v) is 8.45. The fourth-order valence-corrected chi connectivity index (χ4v) is 1.15. The predicted octanol–water partition coefficient (Wildman–Crippen LogP) is -0.534. The first-order chi connectivity index (χ1) is 7.15. The number of amides is 1. The summed E-state index contributed by atoms with van der Waals surface area (Å²) in [7, 11) is 0. The van der Waals surface area contributed by atoms with Gasteiger partial charge in [0.15, 0.2) is 0 Å². The van der Waals surface area contributed by atoms with E-state index in [2.05, 4.69) is 25.8 Å². The standard InChI is InChI=1S/C8H14N6O/c1-4(6(15)11-5-2-3-5)10-8-12-7(9)13-14-8/h4-5H,2-3H2,1H3,(H,11,15)(H4,9,10,12,13,14). The van der Waals surface area contributed by atoms with E-state index in [4.69, 9.17) is 5.73 Å². The summed E-state index contributed by atoms with van der Waals surface area (Å²) in [6.07, 6.45) is 2.15. The van der Waals surface area contributed by atoms with E-state index >= 15 is 0 Å². The van der Waals surface area contributed by atoms with Crippen molar-refractivity contribution in [3.8, 4) is 0 Å². The summed E-state index contributed by atoms with van der Waals surface area (Å²) >= 11 is 0. The summed E-state index contributed by atoms with van der Waals surface area (Å²) in [5.74, 6) is 0.527. The molecule has 1 fully saturated rings. The van der Waals surface area contributed by atoms with Gasteiger partial charge in [0.1, 0.15) is 6.04 Å². The Hall–Kier alpha value is -1.79. The molecule has 1 aromatic rings. The van der Waals surface area contributed by atoms with Crippen LogP contribution in [-0.4, -0.2) is 33.2 Å². The van der Waals surface area contributed by atoms with Crippen molar-refractivity contribution in [2.24, 2.45) is 0 Å². The van der Waals surface area contributed by atoms with E-state index in [9.17, 15) is 4.79 Å². The second-order valence-corrected chi connectivity index (χ2v) is 3.69. The first kappa shape index (κ1) is 9.75. The lowest BCUT2D eigenvalue weighted by atomic mass is 10.3. The molecule has 0 aliphatic heterocycles. The van der Waals surface area contributed by atoms with Crippen LogP contribution < -0.4 is 16.4 Å². The van der Waals surface area contributed by atoms with E-state index in [0.29, 0.717) is 12.0 Å². The van der Waals surface area contributed by atoms with E-state index in [1.165, 1.54) is 0 Å². The number of aromatic amines is 1. The Morgan fingerprint density at radius 1 is 1.67 bits per heavy atom. The van der Waals surface area contributed by atoms with Gasteiger partial charge in [-0.05, 0) is 19.8 Å². The fourth-order valence-electron chi connectivity index (χ4n) is 1.15. The molecule has 1 unspecified atom stereocenters. The maximum atomic E-state index is 11.5. The molecule has 0 radical (unpaired) electrons. The summed E-state index contributed by atoms with van der Waals surface area (Å²) in [6.45, 7) is 1.75. The average molecular weight is 210 g/mol. The highest BCUT2D eigenvalue weighted by atomic mass is 16.2. The highest BCUT2D eigenvalue weighted by Gasteiger charge is 2.25. The van der Waals surface area contributed by atoms with Gasteiger partial charge in [-0.2, -0.15) is 4.98 Å². The lowest BCUT2D eigenvalue weighted by Crippen LogP contribution is -2.38. The van der Waals surface area contributed by atoms with Gasteiger partial charge in [0.2, 0.25) is 17.8 Å². The lowest BCUT2D eigenvalue weighted by Gasteiger charge is -2.11. The molecule has 0 spiro atoms. The Kier molecular flexibility index (Phi) is 2.44. The second kappa shape index (κ2) is 3.76. The molecule has 0 saturated heterocycles. The SMILES string of the molecule is CC(Nc1n[nH]c(N)n1)C(=O)NC1CC1. The number of hydrogen-bond acceptors (Lipinski definition) is 5. The minimum absolute atomic E-state index is 0.0409. The van der Waals surface area contributed by atoms with Gasteiger partial charge in [-0.25, -0.2) is 5.10 Å². The Balaban J connectivity index is 1.84. The van der Waals surface area contributed by atoms with Gasteiger partial charge in [-0.3, -0.25) is 4.79 Å². The Labute approximate surface area is 86.8 Å². The van der Waals surface area contributed by atoms with Crippen LogP contribution >= 0.6 is 0 Å². The van der Waals surface area contributed by atoms with E-state index in [0.717, 1.165) is 12.8 Å². The normalized spacial score (nSPS) is 17.1. The van der Waals surface area contributed by atoms with Crippen LogP contribution in [0.5, 0.6) is 0 Å². The number of H-pyrrole nitrogens is 1. The molecule has 7 nitrogen and oxygen atoms in total. The molecule has 1 atom stereocenters. The molecule has 7 heteroatoms. The Bertz CT molecular complexity index is 358. The minimum atomic E-state index is -0.360. The molecule has 1 heterocycles. The van der Waals surface area contributed by atoms with Crippen molar-refractivity contribution in [3.05, 3.63) is 0 Å². The molecule has 1 saturated carbocycles. The number of carbonyl (C=O) groups excluding carboxylic acids is 1. The molecule has 15 heavy (non-hydrogen) atoms. The number of aromatic nitrogens is 3. The van der Waals surface area contributed by atoms with Crippen LogP contribution in [0.3, 0.4) is 0 Å². The highest BCUT2D eigenvalue weighted by Crippen LogP contribution is 2.18. The second-order valence-electron chi connectivity index (χ2n) is 3.69. The van der Waals surface area contributed by atoms with Crippen LogP contribution in [0.15, 0.2) is 0 Å². The maximum absolute atomic E-state index is 11.5. The number of nitrogens with two attached hydrogens (primary N) is 1. The first-order valence-corrected chi connectivity index (χ1v) is 4.90. The van der Waals surface area contributed by atoms with Crippen LogP contribution in [0.1, 0.15) is 19.8 Å². The molecule has 0 bridgehead atoms. The quantitative estimate of drug-likeness (QED) is 0.534. The smallest absolute Gasteiger partial charge is 0.244 e. The molecule has 0 aromatic carbocycles. The summed E-state index contributed by atoms with van der Waals surface area (Å²) < 4.78 is 0. The number of rotatable bonds is 4. The van der Waals surface area contributed by atoms with Crippen LogP contribution in [0, 0.1) is 0 Å². The van der Waals surface area contributed by atoms with E-state index in [-0.39, 0.29) is 17.9 Å². The average Bonchev–Trinajstić information content (AvgIpc) is 2.90. The van der Waals surface area contributed by atoms with Gasteiger partial charge in [0.05, 0.1) is 0 Å². The Morgan fingerprint density at radius 3 is 2.93 bits per heavy atom. The largest absolute Gasteiger partial charge is 0.368 e. The summed E-state index contributed by atoms with van der Waals surface area (Å²) in [6, 6.07) is -0.000220. The van der Waals surface area contributed by atoms with Crippen molar-refractivity contribution in [2.45, 2.75) is 31.8 Å². The van der Waals surface area contributed by atoms with E-state index < -0.39 is 0 Å². The zero-order valence-electron chi connectivity index (χ0n) is 8.45. The topological polar surface area (TPSA) is 109 Å². The van der Waals surface area contributed by atoms with Crippen LogP contribution in [0.2, 0.25) is 0 Å². The molecule has 2 rings (SSSR count). The summed E-state index contributed by atoms with van der Waals surface area (Å²) in [5, 5.41) is 12.0. The third-order valence-corrected chi connectivity index (χ3v) is 2.17. The molecular formula is C8H14N6O. The van der Waals surface area contributed by atoms with Gasteiger partial charge in [0.25, 0.3) is 0 Å². The number of nitrogen functional groups attached to an aromatic ring is 1. The highest BCUT2D eigenvalue weighted by molar-refractivity contribution is 5.84. The predicted molar refractivity (Wildman–Crippen MR) is 55.0 cm³/mol. The third-order valence-electron chi connectivity index (χ3n) is 2.17. The number of anilines is 2. The van der Waals surface area contributed by atoms with Gasteiger partial charge in [-0.1, -0.05) is 0 Å². The molecule has 1 aliphatic rings. The number of nitrogens with one attached hydrogen (secondary N) is 3. The van der Waals surface area contributed by atoms with Crippen molar-refractivity contribution in [1.29, 1.82) is 0 Å². The minimum Gasteiger partial charge on any atom is -0.368 e. The van der Waals surface area contributed by atoms with Gasteiger partial charge in [-0.15, -0.1) is 5.10 Å². The van der Waals surface area contributed by atoms with Gasteiger partial charge in [0, 0.05) is 6.04 Å². The first-order valence-electron chi connectivity index (χ1n) is 4.90. The Morgan fingerprint density at radius 2 is 2.40 bits per heavy atom. The van der Waals surface area contributed by atoms with E-state index in [1.807, 2.05) is 0 Å². The summed E-state index contributed by atoms with van der Waals surface area (Å²) in [5.41, 5.74) is 5.35. The van der Waals surface area contributed by atoms with Crippen LogP contribution in [0.25, 0.3) is 0 Å². The number of nitrogens with zero attached hydrogens (tertiary/aromatic N) is 2. The fraction of sp³-hybridized carbons (Fsp3) is 0.625. The number of carbonyl (C=O) groups is 1. The molecule has 82 valence electrons. The van der Waals surface area contributed by atoms with Crippen molar-refractivity contribution in [2.75, 3.05) is 11.1 Å². The van der Waals surface area contributed by atoms with Crippen molar-refractivity contribution < 1.29 is 4.79 Å². The molecular weight excluding hydrogens is 196 g/mol. The van der Waals surface area contributed by atoms with Crippen molar-refractivity contribution >= 4 is 17.8 Å². The molecule has 1 aliphatic carbocycles. The lowest BCUT2D eigenvalue weighted by molar-refractivity contribution is -0.121. The molecule has 1 aromatic heterocycles. The molecule has 5 N–H and O–H groups in total.